The van der Waals surface area contributed by atoms with E-state index in [1.54, 1.807) is 5.57 Å². The number of allylic oxidation sites excluding steroid dienone is 2. The number of benzene rings is 2. The highest BCUT2D eigenvalue weighted by Crippen LogP contribution is 2.23. The number of piperazine rings is 1. The minimum absolute atomic E-state index is 1.10. The van der Waals surface area contributed by atoms with E-state index in [1.807, 2.05) is 0 Å². The quantitative estimate of drug-likeness (QED) is 0.776. The highest BCUT2D eigenvalue weighted by atomic mass is 15.3. The summed E-state index contributed by atoms with van der Waals surface area (Å²) in [5.41, 5.74) is 5.87. The number of nitrogens with zero attached hydrogens (tertiary/aromatic N) is 2. The van der Waals surface area contributed by atoms with Crippen LogP contribution in [0.3, 0.4) is 0 Å². The monoisotopic (exact) mass is 344 g/mol. The Morgan fingerprint density at radius 2 is 1.46 bits per heavy atom. The van der Waals surface area contributed by atoms with E-state index >= 15 is 0 Å². The van der Waals surface area contributed by atoms with Gasteiger partial charge < -0.3 is 4.90 Å². The zero-order valence-corrected chi connectivity index (χ0v) is 15.5. The Hall–Kier alpha value is -2.32. The number of hydrogen-bond acceptors (Lipinski definition) is 2. The summed E-state index contributed by atoms with van der Waals surface area (Å²) in [6.45, 7) is 5.64. The molecule has 0 N–H and O–H groups in total. The molecule has 26 heavy (non-hydrogen) atoms. The molecule has 0 spiro atoms. The van der Waals surface area contributed by atoms with Gasteiger partial charge in [0.15, 0.2) is 0 Å². The second kappa shape index (κ2) is 8.37. The van der Waals surface area contributed by atoms with Gasteiger partial charge in [0.05, 0.1) is 0 Å². The maximum absolute atomic E-state index is 2.60. The fraction of sp³-hybridized carbons (Fsp3) is 0.333. The summed E-state index contributed by atoms with van der Waals surface area (Å²) in [5, 5.41) is 0. The Bertz CT molecular complexity index is 753. The number of hydrogen-bond donors (Lipinski definition) is 0. The van der Waals surface area contributed by atoms with Crippen LogP contribution in [0.25, 0.3) is 0 Å². The van der Waals surface area contributed by atoms with Crippen molar-refractivity contribution in [2.45, 2.75) is 19.3 Å². The number of para-hydroxylation sites is 1. The molecule has 1 saturated heterocycles. The van der Waals surface area contributed by atoms with Crippen LogP contribution in [0.1, 0.15) is 18.4 Å². The molecule has 2 aromatic carbocycles. The largest absolute Gasteiger partial charge is 0.369 e. The maximum atomic E-state index is 2.60. The van der Waals surface area contributed by atoms with Gasteiger partial charge in [-0.3, -0.25) is 4.90 Å². The van der Waals surface area contributed by atoms with Gasteiger partial charge in [0.1, 0.15) is 0 Å². The van der Waals surface area contributed by atoms with Crippen molar-refractivity contribution < 1.29 is 0 Å². The van der Waals surface area contributed by atoms with Gasteiger partial charge >= 0.3 is 0 Å². The van der Waals surface area contributed by atoms with Crippen LogP contribution in [-0.4, -0.2) is 37.6 Å². The molecule has 2 heteroatoms. The van der Waals surface area contributed by atoms with Crippen molar-refractivity contribution in [3.8, 4) is 0 Å². The van der Waals surface area contributed by atoms with Crippen molar-refractivity contribution >= 4 is 5.69 Å². The first kappa shape index (κ1) is 17.1. The SMILES string of the molecule is C1=C(CN2CCN(c3ccccc3)CC2)C=C(Cc2ccccc2)CC1. The molecule has 2 nitrogen and oxygen atoms in total. The van der Waals surface area contributed by atoms with E-state index in [2.05, 4.69) is 82.6 Å². The minimum atomic E-state index is 1.10. The second-order valence-corrected chi connectivity index (χ2v) is 7.38. The molecule has 2 aromatic rings. The lowest BCUT2D eigenvalue weighted by Gasteiger charge is -2.36. The molecule has 1 fully saturated rings. The van der Waals surface area contributed by atoms with Gasteiger partial charge in [-0.2, -0.15) is 0 Å². The third kappa shape index (κ3) is 4.44. The predicted molar refractivity (Wildman–Crippen MR) is 111 cm³/mol. The van der Waals surface area contributed by atoms with Crippen molar-refractivity contribution in [1.29, 1.82) is 0 Å². The lowest BCUT2D eigenvalue weighted by Crippen LogP contribution is -2.46. The van der Waals surface area contributed by atoms with E-state index in [0.29, 0.717) is 0 Å². The zero-order chi connectivity index (χ0) is 17.6. The topological polar surface area (TPSA) is 6.48 Å². The summed E-state index contributed by atoms with van der Waals surface area (Å²) in [6.07, 6.45) is 8.40. The molecule has 0 saturated carbocycles. The predicted octanol–water partition coefficient (Wildman–Crippen LogP) is 4.70. The molecule has 0 aromatic heterocycles. The molecule has 0 bridgehead atoms. The van der Waals surface area contributed by atoms with E-state index in [-0.39, 0.29) is 0 Å². The molecular weight excluding hydrogens is 316 g/mol. The first-order valence-electron chi connectivity index (χ1n) is 9.81. The Kier molecular flexibility index (Phi) is 5.51. The molecular formula is C24H28N2. The molecule has 134 valence electrons. The molecule has 0 unspecified atom stereocenters. The van der Waals surface area contributed by atoms with Gasteiger partial charge in [0.2, 0.25) is 0 Å². The average Bonchev–Trinajstić information content (AvgIpc) is 2.70. The lowest BCUT2D eigenvalue weighted by atomic mass is 9.94. The van der Waals surface area contributed by atoms with Gasteiger partial charge in [-0.15, -0.1) is 0 Å². The van der Waals surface area contributed by atoms with E-state index < -0.39 is 0 Å². The van der Waals surface area contributed by atoms with E-state index in [4.69, 9.17) is 0 Å². The van der Waals surface area contributed by atoms with Crippen LogP contribution in [0.5, 0.6) is 0 Å². The maximum Gasteiger partial charge on any atom is 0.0367 e. The Labute approximate surface area is 157 Å². The molecule has 1 aliphatic heterocycles. The van der Waals surface area contributed by atoms with Crippen LogP contribution in [0.15, 0.2) is 84.0 Å². The standard InChI is InChI=1S/C24H28N2/c1-3-8-21(9-4-1)18-22-10-7-11-23(19-22)20-25-14-16-26(17-15-25)24-12-5-2-6-13-24/h1-6,8-9,11-13,19H,7,10,14-18,20H2. The van der Waals surface area contributed by atoms with Crippen LogP contribution in [0.2, 0.25) is 0 Å². The second-order valence-electron chi connectivity index (χ2n) is 7.38. The highest BCUT2D eigenvalue weighted by molar-refractivity contribution is 5.46. The van der Waals surface area contributed by atoms with Crippen LogP contribution in [-0.2, 0) is 6.42 Å². The normalized spacial score (nSPS) is 18.4. The van der Waals surface area contributed by atoms with Crippen molar-refractivity contribution in [2.24, 2.45) is 0 Å². The molecule has 0 atom stereocenters. The van der Waals surface area contributed by atoms with E-state index in [1.165, 1.54) is 29.7 Å². The number of rotatable bonds is 5. The zero-order valence-electron chi connectivity index (χ0n) is 15.5. The number of anilines is 1. The van der Waals surface area contributed by atoms with Crippen LogP contribution >= 0.6 is 0 Å². The van der Waals surface area contributed by atoms with Crippen LogP contribution in [0, 0.1) is 0 Å². The first-order valence-corrected chi connectivity index (χ1v) is 9.81. The first-order chi connectivity index (χ1) is 12.9. The Morgan fingerprint density at radius 3 is 2.19 bits per heavy atom. The molecule has 2 aliphatic rings. The summed E-state index contributed by atoms with van der Waals surface area (Å²) < 4.78 is 0. The lowest BCUT2D eigenvalue weighted by molar-refractivity contribution is 0.279. The summed E-state index contributed by atoms with van der Waals surface area (Å²) >= 11 is 0. The average molecular weight is 345 g/mol. The van der Waals surface area contributed by atoms with Crippen molar-refractivity contribution in [3.63, 3.8) is 0 Å². The summed E-state index contributed by atoms with van der Waals surface area (Å²) in [7, 11) is 0. The summed E-state index contributed by atoms with van der Waals surface area (Å²) in [5.74, 6) is 0. The van der Waals surface area contributed by atoms with Gasteiger partial charge in [0, 0.05) is 38.4 Å². The van der Waals surface area contributed by atoms with Crippen LogP contribution < -0.4 is 4.90 Å². The fourth-order valence-corrected chi connectivity index (χ4v) is 4.01. The van der Waals surface area contributed by atoms with Crippen molar-refractivity contribution in [2.75, 3.05) is 37.6 Å². The molecule has 0 amide bonds. The molecule has 0 radical (unpaired) electrons. The Morgan fingerprint density at radius 1 is 0.769 bits per heavy atom. The van der Waals surface area contributed by atoms with Gasteiger partial charge in [-0.05, 0) is 42.5 Å². The summed E-state index contributed by atoms with van der Waals surface area (Å²) in [4.78, 5) is 5.11. The van der Waals surface area contributed by atoms with Crippen molar-refractivity contribution in [1.82, 2.24) is 4.90 Å². The van der Waals surface area contributed by atoms with Crippen molar-refractivity contribution in [3.05, 3.63) is 89.5 Å². The highest BCUT2D eigenvalue weighted by Gasteiger charge is 2.18. The molecule has 4 rings (SSSR count). The van der Waals surface area contributed by atoms with E-state index in [9.17, 15) is 0 Å². The smallest absolute Gasteiger partial charge is 0.0367 e. The van der Waals surface area contributed by atoms with E-state index in [0.717, 1.165) is 39.1 Å². The van der Waals surface area contributed by atoms with Crippen LogP contribution in [0.4, 0.5) is 5.69 Å². The minimum Gasteiger partial charge on any atom is -0.369 e. The molecule has 1 aliphatic carbocycles. The van der Waals surface area contributed by atoms with Gasteiger partial charge in [-0.1, -0.05) is 66.3 Å². The summed E-state index contributed by atoms with van der Waals surface area (Å²) in [6, 6.07) is 21.7. The Balaban J connectivity index is 1.31. The van der Waals surface area contributed by atoms with Gasteiger partial charge in [0.25, 0.3) is 0 Å². The van der Waals surface area contributed by atoms with Gasteiger partial charge in [-0.25, -0.2) is 0 Å². The third-order valence-electron chi connectivity index (χ3n) is 5.44. The molecule has 1 heterocycles. The third-order valence-corrected chi connectivity index (χ3v) is 5.44. The fourth-order valence-electron chi connectivity index (χ4n) is 4.01.